The molecule has 3 rings (SSSR count). The van der Waals surface area contributed by atoms with E-state index in [4.69, 9.17) is 4.74 Å². The highest BCUT2D eigenvalue weighted by Gasteiger charge is 2.28. The molecule has 1 atom stereocenters. The number of nitrogens with one attached hydrogen (secondary N) is 1. The van der Waals surface area contributed by atoms with Crippen LogP contribution in [0.4, 0.5) is 0 Å². The molecule has 2 aromatic rings. The first-order chi connectivity index (χ1) is 15.2. The molecule has 0 aliphatic heterocycles. The Bertz CT molecular complexity index is 929. The standard InChI is InChI=1S/C26H33BrN2O3/c1-17-9-11-21(12-10-17)15-29(20(4)26(31)28-22-7-5-6-8-22)24(30)16-32-23-13-18(2)25(27)19(3)14-23/h9-14,20,22H,5-8,15-16H2,1-4H3,(H,28,31)/t20-/m0/s1. The van der Waals surface area contributed by atoms with E-state index in [1.807, 2.05) is 57.2 Å². The van der Waals surface area contributed by atoms with Crippen molar-refractivity contribution in [2.45, 2.75) is 72.0 Å². The molecule has 5 nitrogen and oxygen atoms in total. The van der Waals surface area contributed by atoms with Crippen molar-refractivity contribution in [2.75, 3.05) is 6.61 Å². The monoisotopic (exact) mass is 500 g/mol. The summed E-state index contributed by atoms with van der Waals surface area (Å²) in [7, 11) is 0. The molecule has 172 valence electrons. The van der Waals surface area contributed by atoms with Gasteiger partial charge in [0.25, 0.3) is 5.91 Å². The van der Waals surface area contributed by atoms with Crippen LogP contribution in [-0.2, 0) is 16.1 Å². The van der Waals surface area contributed by atoms with Crippen molar-refractivity contribution in [3.8, 4) is 5.75 Å². The zero-order valence-electron chi connectivity index (χ0n) is 19.4. The number of carbonyl (C=O) groups excluding carboxylic acids is 2. The Labute approximate surface area is 199 Å². The maximum atomic E-state index is 13.2. The average molecular weight is 501 g/mol. The number of halogens is 1. The summed E-state index contributed by atoms with van der Waals surface area (Å²) < 4.78 is 6.88. The molecule has 0 radical (unpaired) electrons. The van der Waals surface area contributed by atoms with E-state index in [1.54, 1.807) is 11.8 Å². The normalized spacial score (nSPS) is 14.8. The van der Waals surface area contributed by atoms with Crippen molar-refractivity contribution in [3.63, 3.8) is 0 Å². The van der Waals surface area contributed by atoms with Gasteiger partial charge in [-0.25, -0.2) is 0 Å². The van der Waals surface area contributed by atoms with Gasteiger partial charge in [-0.3, -0.25) is 9.59 Å². The molecule has 0 unspecified atom stereocenters. The van der Waals surface area contributed by atoms with E-state index in [1.165, 1.54) is 0 Å². The van der Waals surface area contributed by atoms with Gasteiger partial charge >= 0.3 is 0 Å². The van der Waals surface area contributed by atoms with Gasteiger partial charge in [0.15, 0.2) is 6.61 Å². The molecule has 1 fully saturated rings. The Morgan fingerprint density at radius 2 is 1.69 bits per heavy atom. The van der Waals surface area contributed by atoms with E-state index in [0.29, 0.717) is 12.3 Å². The third-order valence-corrected chi connectivity index (χ3v) is 7.37. The first-order valence-electron chi connectivity index (χ1n) is 11.3. The summed E-state index contributed by atoms with van der Waals surface area (Å²) in [6.45, 7) is 8.05. The topological polar surface area (TPSA) is 58.6 Å². The molecule has 0 bridgehead atoms. The highest BCUT2D eigenvalue weighted by Crippen LogP contribution is 2.26. The molecular formula is C26H33BrN2O3. The lowest BCUT2D eigenvalue weighted by Crippen LogP contribution is -2.50. The van der Waals surface area contributed by atoms with Gasteiger partial charge in [0, 0.05) is 17.1 Å². The van der Waals surface area contributed by atoms with Gasteiger partial charge in [-0.2, -0.15) is 0 Å². The Balaban J connectivity index is 1.73. The Hall–Kier alpha value is -2.34. The third kappa shape index (κ3) is 6.35. The second-order valence-electron chi connectivity index (χ2n) is 8.83. The zero-order chi connectivity index (χ0) is 23.3. The van der Waals surface area contributed by atoms with Gasteiger partial charge in [-0.05, 0) is 69.4 Å². The van der Waals surface area contributed by atoms with E-state index in [-0.39, 0.29) is 24.5 Å². The number of rotatable bonds is 8. The van der Waals surface area contributed by atoms with Crippen LogP contribution in [0.1, 0.15) is 54.9 Å². The summed E-state index contributed by atoms with van der Waals surface area (Å²) in [5, 5.41) is 3.12. The molecule has 1 saturated carbocycles. The maximum Gasteiger partial charge on any atom is 0.261 e. The van der Waals surface area contributed by atoms with Crippen molar-refractivity contribution >= 4 is 27.7 Å². The van der Waals surface area contributed by atoms with E-state index in [2.05, 4.69) is 21.2 Å². The lowest BCUT2D eigenvalue weighted by Gasteiger charge is -2.29. The second-order valence-corrected chi connectivity index (χ2v) is 9.63. The van der Waals surface area contributed by atoms with E-state index in [9.17, 15) is 9.59 Å². The summed E-state index contributed by atoms with van der Waals surface area (Å²) in [5.74, 6) is 0.334. The predicted octanol–water partition coefficient (Wildman–Crippen LogP) is 5.23. The maximum absolute atomic E-state index is 13.2. The van der Waals surface area contributed by atoms with Crippen molar-refractivity contribution in [3.05, 3.63) is 63.1 Å². The molecule has 1 aliphatic rings. The summed E-state index contributed by atoms with van der Waals surface area (Å²) in [6.07, 6.45) is 4.31. The van der Waals surface area contributed by atoms with Crippen molar-refractivity contribution in [1.82, 2.24) is 10.2 Å². The molecule has 6 heteroatoms. The largest absolute Gasteiger partial charge is 0.484 e. The molecule has 0 saturated heterocycles. The molecule has 1 aliphatic carbocycles. The van der Waals surface area contributed by atoms with Gasteiger partial charge in [0.1, 0.15) is 11.8 Å². The predicted molar refractivity (Wildman–Crippen MR) is 131 cm³/mol. The number of amides is 2. The quantitative estimate of drug-likeness (QED) is 0.539. The number of hydrogen-bond donors (Lipinski definition) is 1. The van der Waals surface area contributed by atoms with Crippen LogP contribution in [0.25, 0.3) is 0 Å². The zero-order valence-corrected chi connectivity index (χ0v) is 21.0. The highest BCUT2D eigenvalue weighted by molar-refractivity contribution is 9.10. The molecule has 2 aromatic carbocycles. The second kappa shape index (κ2) is 11.0. The molecule has 0 aromatic heterocycles. The van der Waals surface area contributed by atoms with E-state index in [0.717, 1.165) is 52.4 Å². The third-order valence-electron chi connectivity index (χ3n) is 6.11. The van der Waals surface area contributed by atoms with E-state index >= 15 is 0 Å². The number of hydrogen-bond acceptors (Lipinski definition) is 3. The summed E-state index contributed by atoms with van der Waals surface area (Å²) >= 11 is 3.55. The molecule has 0 spiro atoms. The first-order valence-corrected chi connectivity index (χ1v) is 12.1. The van der Waals surface area contributed by atoms with Crippen LogP contribution in [0.15, 0.2) is 40.9 Å². The number of ether oxygens (including phenoxy) is 1. The van der Waals surface area contributed by atoms with Crippen molar-refractivity contribution < 1.29 is 14.3 Å². The Morgan fingerprint density at radius 3 is 2.28 bits per heavy atom. The number of nitrogens with zero attached hydrogens (tertiary/aromatic N) is 1. The molecular weight excluding hydrogens is 468 g/mol. The summed E-state index contributed by atoms with van der Waals surface area (Å²) in [6, 6.07) is 11.5. The number of carbonyl (C=O) groups is 2. The lowest BCUT2D eigenvalue weighted by atomic mass is 10.1. The first kappa shape index (κ1) is 24.3. The summed E-state index contributed by atoms with van der Waals surface area (Å²) in [5.41, 5.74) is 4.24. The van der Waals surface area contributed by atoms with Gasteiger partial charge in [-0.1, -0.05) is 58.6 Å². The fourth-order valence-electron chi connectivity index (χ4n) is 4.08. The molecule has 1 N–H and O–H groups in total. The van der Waals surface area contributed by atoms with Crippen LogP contribution in [0, 0.1) is 20.8 Å². The fourth-order valence-corrected chi connectivity index (χ4v) is 4.31. The minimum atomic E-state index is -0.582. The van der Waals surface area contributed by atoms with Gasteiger partial charge in [0.2, 0.25) is 5.91 Å². The number of benzene rings is 2. The van der Waals surface area contributed by atoms with Crippen LogP contribution in [0.5, 0.6) is 5.75 Å². The minimum absolute atomic E-state index is 0.104. The lowest BCUT2D eigenvalue weighted by molar-refractivity contribution is -0.142. The van der Waals surface area contributed by atoms with Crippen molar-refractivity contribution in [1.29, 1.82) is 0 Å². The fraction of sp³-hybridized carbons (Fsp3) is 0.462. The van der Waals surface area contributed by atoms with Gasteiger partial charge < -0.3 is 15.0 Å². The highest BCUT2D eigenvalue weighted by atomic mass is 79.9. The van der Waals surface area contributed by atoms with Crippen LogP contribution in [0.2, 0.25) is 0 Å². The molecule has 0 heterocycles. The summed E-state index contributed by atoms with van der Waals surface area (Å²) in [4.78, 5) is 27.8. The minimum Gasteiger partial charge on any atom is -0.484 e. The number of aryl methyl sites for hydroxylation is 3. The van der Waals surface area contributed by atoms with Crippen LogP contribution >= 0.6 is 15.9 Å². The molecule has 32 heavy (non-hydrogen) atoms. The Morgan fingerprint density at radius 1 is 1.09 bits per heavy atom. The smallest absolute Gasteiger partial charge is 0.261 e. The van der Waals surface area contributed by atoms with Crippen LogP contribution in [0.3, 0.4) is 0 Å². The SMILES string of the molecule is Cc1ccc(CN(C(=O)COc2cc(C)c(Br)c(C)c2)[C@@H](C)C(=O)NC2CCCC2)cc1. The van der Waals surface area contributed by atoms with E-state index < -0.39 is 6.04 Å². The van der Waals surface area contributed by atoms with Gasteiger partial charge in [0.05, 0.1) is 0 Å². The average Bonchev–Trinajstić information content (AvgIpc) is 3.27. The van der Waals surface area contributed by atoms with Gasteiger partial charge in [-0.15, -0.1) is 0 Å². The Kier molecular flexibility index (Phi) is 8.35. The molecule has 2 amide bonds. The van der Waals surface area contributed by atoms with Crippen molar-refractivity contribution in [2.24, 2.45) is 0 Å². The van der Waals surface area contributed by atoms with Crippen LogP contribution < -0.4 is 10.1 Å². The van der Waals surface area contributed by atoms with Crippen LogP contribution in [-0.4, -0.2) is 35.4 Å².